The summed E-state index contributed by atoms with van der Waals surface area (Å²) in [6.45, 7) is 0. The number of amides is 1. The van der Waals surface area contributed by atoms with Gasteiger partial charge in [-0.3, -0.25) is 4.79 Å². The molecule has 0 aromatic carbocycles. The largest absolute Gasteiger partial charge is 0.459 e. The van der Waals surface area contributed by atoms with Gasteiger partial charge in [0.15, 0.2) is 5.76 Å². The fourth-order valence-corrected chi connectivity index (χ4v) is 2.27. The van der Waals surface area contributed by atoms with Crippen molar-refractivity contribution in [1.82, 2.24) is 4.90 Å². The van der Waals surface area contributed by atoms with Crippen LogP contribution in [0.5, 0.6) is 0 Å². The monoisotopic (exact) mass is 223 g/mol. The Labute approximate surface area is 94.9 Å². The lowest BCUT2D eigenvalue weighted by Crippen LogP contribution is -2.46. The van der Waals surface area contributed by atoms with Crippen molar-refractivity contribution in [2.24, 2.45) is 0 Å². The first-order valence-corrected chi connectivity index (χ1v) is 5.69. The van der Waals surface area contributed by atoms with E-state index in [9.17, 15) is 9.90 Å². The van der Waals surface area contributed by atoms with E-state index in [1.54, 1.807) is 24.1 Å². The number of carbonyl (C=O) groups excluding carboxylic acids is 1. The molecule has 1 aliphatic rings. The normalized spacial score (nSPS) is 25.4. The zero-order valence-corrected chi connectivity index (χ0v) is 9.43. The van der Waals surface area contributed by atoms with Crippen LogP contribution in [0.2, 0.25) is 0 Å². The fourth-order valence-electron chi connectivity index (χ4n) is 2.27. The van der Waals surface area contributed by atoms with Crippen LogP contribution in [0.4, 0.5) is 0 Å². The molecule has 1 amide bonds. The van der Waals surface area contributed by atoms with E-state index in [1.807, 2.05) is 0 Å². The number of aliphatic hydroxyl groups is 1. The Kier molecular flexibility index (Phi) is 3.29. The van der Waals surface area contributed by atoms with Crippen LogP contribution in [-0.4, -0.2) is 35.1 Å². The number of furan rings is 1. The highest BCUT2D eigenvalue weighted by atomic mass is 16.3. The van der Waals surface area contributed by atoms with Crippen molar-refractivity contribution in [3.05, 3.63) is 24.2 Å². The number of rotatable bonds is 2. The maximum absolute atomic E-state index is 12.0. The summed E-state index contributed by atoms with van der Waals surface area (Å²) < 4.78 is 5.07. The van der Waals surface area contributed by atoms with Crippen molar-refractivity contribution in [3.63, 3.8) is 0 Å². The molecule has 16 heavy (non-hydrogen) atoms. The maximum Gasteiger partial charge on any atom is 0.289 e. The van der Waals surface area contributed by atoms with Gasteiger partial charge in [0.25, 0.3) is 5.91 Å². The molecule has 0 aliphatic heterocycles. The first kappa shape index (κ1) is 11.2. The Morgan fingerprint density at radius 2 is 2.25 bits per heavy atom. The minimum Gasteiger partial charge on any atom is -0.459 e. The van der Waals surface area contributed by atoms with Gasteiger partial charge < -0.3 is 14.4 Å². The molecule has 1 heterocycles. The van der Waals surface area contributed by atoms with E-state index < -0.39 is 6.10 Å². The van der Waals surface area contributed by atoms with Crippen molar-refractivity contribution in [2.45, 2.75) is 37.8 Å². The highest BCUT2D eigenvalue weighted by molar-refractivity contribution is 5.91. The van der Waals surface area contributed by atoms with E-state index >= 15 is 0 Å². The number of aliphatic hydroxyl groups excluding tert-OH is 1. The van der Waals surface area contributed by atoms with Crippen LogP contribution in [0, 0.1) is 0 Å². The second-order valence-corrected chi connectivity index (χ2v) is 4.31. The summed E-state index contributed by atoms with van der Waals surface area (Å²) in [5.41, 5.74) is 0. The number of hydrogen-bond donors (Lipinski definition) is 1. The number of hydrogen-bond acceptors (Lipinski definition) is 3. The summed E-state index contributed by atoms with van der Waals surface area (Å²) >= 11 is 0. The molecular formula is C12H17NO3. The van der Waals surface area contributed by atoms with E-state index in [1.165, 1.54) is 6.26 Å². The van der Waals surface area contributed by atoms with Crippen LogP contribution in [0.15, 0.2) is 22.8 Å². The molecular weight excluding hydrogens is 206 g/mol. The Morgan fingerprint density at radius 1 is 1.50 bits per heavy atom. The molecule has 1 N–H and O–H groups in total. The molecule has 1 saturated carbocycles. The zero-order valence-electron chi connectivity index (χ0n) is 9.43. The molecule has 2 atom stereocenters. The fraction of sp³-hybridized carbons (Fsp3) is 0.583. The van der Waals surface area contributed by atoms with Crippen LogP contribution >= 0.6 is 0 Å². The number of nitrogens with zero attached hydrogens (tertiary/aromatic N) is 1. The lowest BCUT2D eigenvalue weighted by molar-refractivity contribution is 0.0249. The first-order valence-electron chi connectivity index (χ1n) is 5.69. The van der Waals surface area contributed by atoms with Gasteiger partial charge in [-0.05, 0) is 25.0 Å². The third kappa shape index (κ3) is 2.11. The van der Waals surface area contributed by atoms with Crippen molar-refractivity contribution in [2.75, 3.05) is 7.05 Å². The summed E-state index contributed by atoms with van der Waals surface area (Å²) in [4.78, 5) is 13.6. The molecule has 2 unspecified atom stereocenters. The van der Waals surface area contributed by atoms with Gasteiger partial charge in [-0.1, -0.05) is 12.8 Å². The summed E-state index contributed by atoms with van der Waals surface area (Å²) in [6, 6.07) is 3.26. The van der Waals surface area contributed by atoms with Gasteiger partial charge in [0, 0.05) is 7.05 Å². The summed E-state index contributed by atoms with van der Waals surface area (Å²) in [6.07, 6.45) is 4.83. The van der Waals surface area contributed by atoms with Gasteiger partial charge in [-0.2, -0.15) is 0 Å². The third-order valence-corrected chi connectivity index (χ3v) is 3.24. The summed E-state index contributed by atoms with van der Waals surface area (Å²) in [7, 11) is 1.73. The number of carbonyl (C=O) groups is 1. The van der Waals surface area contributed by atoms with E-state index in [0.29, 0.717) is 5.76 Å². The molecule has 0 saturated heterocycles. The smallest absolute Gasteiger partial charge is 0.289 e. The van der Waals surface area contributed by atoms with Crippen molar-refractivity contribution in [1.29, 1.82) is 0 Å². The standard InChI is InChI=1S/C12H17NO3/c1-13(9-5-2-3-6-10(9)14)12(15)11-7-4-8-16-11/h4,7-10,14H,2-3,5-6H2,1H3. The van der Waals surface area contributed by atoms with Gasteiger partial charge in [0.1, 0.15) is 0 Å². The molecule has 2 rings (SSSR count). The van der Waals surface area contributed by atoms with Gasteiger partial charge in [-0.15, -0.1) is 0 Å². The molecule has 1 aromatic heterocycles. The Balaban J connectivity index is 2.06. The highest BCUT2D eigenvalue weighted by Crippen LogP contribution is 2.23. The highest BCUT2D eigenvalue weighted by Gasteiger charge is 2.30. The van der Waals surface area contributed by atoms with E-state index in [0.717, 1.165) is 25.7 Å². The summed E-state index contributed by atoms with van der Waals surface area (Å²) in [5, 5.41) is 9.86. The van der Waals surface area contributed by atoms with Gasteiger partial charge in [-0.25, -0.2) is 0 Å². The first-order chi connectivity index (χ1) is 7.70. The Morgan fingerprint density at radius 3 is 2.88 bits per heavy atom. The van der Waals surface area contributed by atoms with Crippen molar-refractivity contribution < 1.29 is 14.3 Å². The minimum absolute atomic E-state index is 0.0775. The lowest BCUT2D eigenvalue weighted by atomic mass is 9.91. The van der Waals surface area contributed by atoms with Crippen LogP contribution in [0.1, 0.15) is 36.2 Å². The predicted octanol–water partition coefficient (Wildman–Crippen LogP) is 1.66. The molecule has 0 radical (unpaired) electrons. The molecule has 4 heteroatoms. The number of likely N-dealkylation sites (N-methyl/N-ethyl adjacent to an activating group) is 1. The molecule has 88 valence electrons. The topological polar surface area (TPSA) is 53.7 Å². The predicted molar refractivity (Wildman–Crippen MR) is 59.1 cm³/mol. The van der Waals surface area contributed by atoms with Crippen LogP contribution in [0.3, 0.4) is 0 Å². The van der Waals surface area contributed by atoms with E-state index in [2.05, 4.69) is 0 Å². The van der Waals surface area contributed by atoms with Crippen LogP contribution < -0.4 is 0 Å². The molecule has 0 spiro atoms. The molecule has 1 aliphatic carbocycles. The lowest BCUT2D eigenvalue weighted by Gasteiger charge is -2.34. The SMILES string of the molecule is CN(C(=O)c1ccco1)C1CCCCC1O. The molecule has 4 nitrogen and oxygen atoms in total. The second kappa shape index (κ2) is 4.70. The average Bonchev–Trinajstić information content (AvgIpc) is 2.81. The van der Waals surface area contributed by atoms with Gasteiger partial charge in [0.05, 0.1) is 18.4 Å². The molecule has 1 aromatic rings. The maximum atomic E-state index is 12.0. The molecule has 0 bridgehead atoms. The Bertz CT molecular complexity index is 347. The van der Waals surface area contributed by atoms with Crippen LogP contribution in [0.25, 0.3) is 0 Å². The Hall–Kier alpha value is -1.29. The van der Waals surface area contributed by atoms with Gasteiger partial charge >= 0.3 is 0 Å². The second-order valence-electron chi connectivity index (χ2n) is 4.31. The molecule has 1 fully saturated rings. The average molecular weight is 223 g/mol. The van der Waals surface area contributed by atoms with Gasteiger partial charge in [0.2, 0.25) is 0 Å². The van der Waals surface area contributed by atoms with Crippen molar-refractivity contribution in [3.8, 4) is 0 Å². The van der Waals surface area contributed by atoms with Crippen LogP contribution in [-0.2, 0) is 0 Å². The third-order valence-electron chi connectivity index (χ3n) is 3.24. The quantitative estimate of drug-likeness (QED) is 0.829. The van der Waals surface area contributed by atoms with Crippen molar-refractivity contribution >= 4 is 5.91 Å². The van der Waals surface area contributed by atoms with E-state index in [-0.39, 0.29) is 11.9 Å². The zero-order chi connectivity index (χ0) is 11.5. The van der Waals surface area contributed by atoms with E-state index in [4.69, 9.17) is 4.42 Å². The minimum atomic E-state index is -0.405. The summed E-state index contributed by atoms with van der Waals surface area (Å²) in [5.74, 6) is 0.177.